The number of nitrogens with one attached hydrogen (secondary N) is 1. The molecule has 1 aliphatic carbocycles. The Morgan fingerprint density at radius 1 is 1.00 bits per heavy atom. The van der Waals surface area contributed by atoms with Crippen LogP contribution in [0.5, 0.6) is 0 Å². The molecule has 1 saturated carbocycles. The van der Waals surface area contributed by atoms with Gasteiger partial charge in [0.25, 0.3) is 0 Å². The fourth-order valence-corrected chi connectivity index (χ4v) is 2.88. The van der Waals surface area contributed by atoms with Crippen molar-refractivity contribution in [3.8, 4) is 0 Å². The van der Waals surface area contributed by atoms with Gasteiger partial charge >= 0.3 is 5.97 Å². The summed E-state index contributed by atoms with van der Waals surface area (Å²) in [4.78, 5) is 23.5. The van der Waals surface area contributed by atoms with Gasteiger partial charge in [0.2, 0.25) is 5.91 Å². The Morgan fingerprint density at radius 3 is 2.30 bits per heavy atom. The molecule has 0 aromatic heterocycles. The van der Waals surface area contributed by atoms with Crippen molar-refractivity contribution in [2.45, 2.75) is 31.2 Å². The minimum Gasteiger partial charge on any atom is -0.478 e. The number of benzene rings is 2. The molecular formula is C19H19NO3. The van der Waals surface area contributed by atoms with E-state index in [0.29, 0.717) is 5.56 Å². The van der Waals surface area contributed by atoms with Crippen LogP contribution >= 0.6 is 0 Å². The molecule has 2 aromatic carbocycles. The predicted molar refractivity (Wildman–Crippen MR) is 87.4 cm³/mol. The molecule has 0 bridgehead atoms. The van der Waals surface area contributed by atoms with Gasteiger partial charge in [-0.3, -0.25) is 4.79 Å². The fraction of sp³-hybridized carbons (Fsp3) is 0.263. The van der Waals surface area contributed by atoms with Crippen LogP contribution in [-0.2, 0) is 17.6 Å². The van der Waals surface area contributed by atoms with E-state index in [0.717, 1.165) is 19.3 Å². The van der Waals surface area contributed by atoms with Gasteiger partial charge < -0.3 is 10.4 Å². The molecule has 0 spiro atoms. The quantitative estimate of drug-likeness (QED) is 0.862. The molecule has 4 heteroatoms. The largest absolute Gasteiger partial charge is 0.478 e. The zero-order valence-electron chi connectivity index (χ0n) is 12.8. The number of carboxylic acids is 1. The number of carboxylic acid groups (broad SMARTS) is 1. The summed E-state index contributed by atoms with van der Waals surface area (Å²) in [7, 11) is 0. The van der Waals surface area contributed by atoms with E-state index >= 15 is 0 Å². The highest BCUT2D eigenvalue weighted by atomic mass is 16.4. The molecule has 0 unspecified atom stereocenters. The zero-order valence-corrected chi connectivity index (χ0v) is 12.8. The van der Waals surface area contributed by atoms with E-state index in [9.17, 15) is 14.7 Å². The van der Waals surface area contributed by atoms with E-state index in [1.807, 2.05) is 18.2 Å². The third kappa shape index (κ3) is 3.77. The topological polar surface area (TPSA) is 66.4 Å². The number of rotatable bonds is 6. The Kier molecular flexibility index (Phi) is 4.15. The molecule has 23 heavy (non-hydrogen) atoms. The number of amides is 1. The van der Waals surface area contributed by atoms with Gasteiger partial charge in [-0.25, -0.2) is 4.79 Å². The van der Waals surface area contributed by atoms with E-state index < -0.39 is 5.97 Å². The van der Waals surface area contributed by atoms with Gasteiger partial charge in [0.1, 0.15) is 0 Å². The summed E-state index contributed by atoms with van der Waals surface area (Å²) in [5.74, 6) is -1.12. The van der Waals surface area contributed by atoms with Crippen LogP contribution in [-0.4, -0.2) is 22.5 Å². The molecule has 1 fully saturated rings. The Hall–Kier alpha value is -2.62. The Bertz CT molecular complexity index is 720. The highest BCUT2D eigenvalue weighted by molar-refractivity contribution is 5.91. The first-order valence-corrected chi connectivity index (χ1v) is 7.74. The second-order valence-corrected chi connectivity index (χ2v) is 6.13. The third-order valence-electron chi connectivity index (χ3n) is 4.24. The molecule has 0 atom stereocenters. The molecular weight excluding hydrogens is 290 g/mol. The van der Waals surface area contributed by atoms with Gasteiger partial charge in [-0.05, 0) is 36.5 Å². The lowest BCUT2D eigenvalue weighted by molar-refractivity contribution is -0.121. The summed E-state index contributed by atoms with van der Waals surface area (Å²) in [5.41, 5.74) is 1.79. The van der Waals surface area contributed by atoms with Crippen LogP contribution < -0.4 is 5.32 Å². The van der Waals surface area contributed by atoms with Gasteiger partial charge in [0.15, 0.2) is 0 Å². The molecule has 1 amide bonds. The van der Waals surface area contributed by atoms with E-state index in [4.69, 9.17) is 0 Å². The monoisotopic (exact) mass is 309 g/mol. The first kappa shape index (κ1) is 15.3. The number of aromatic carboxylic acids is 1. The highest BCUT2D eigenvalue weighted by Gasteiger charge is 2.43. The van der Waals surface area contributed by atoms with E-state index in [1.54, 1.807) is 18.2 Å². The summed E-state index contributed by atoms with van der Waals surface area (Å²) < 4.78 is 0. The average molecular weight is 309 g/mol. The second kappa shape index (κ2) is 6.24. The van der Waals surface area contributed by atoms with E-state index in [1.165, 1.54) is 11.6 Å². The van der Waals surface area contributed by atoms with Gasteiger partial charge in [-0.15, -0.1) is 0 Å². The highest BCUT2D eigenvalue weighted by Crippen LogP contribution is 2.38. The number of carbonyl (C=O) groups is 2. The number of hydrogen-bond donors (Lipinski definition) is 2. The Labute approximate surface area is 135 Å². The van der Waals surface area contributed by atoms with Crippen LogP contribution in [0.4, 0.5) is 0 Å². The van der Waals surface area contributed by atoms with Crippen LogP contribution in [0.1, 0.15) is 34.3 Å². The summed E-state index contributed by atoms with van der Waals surface area (Å²) in [6, 6.07) is 16.7. The van der Waals surface area contributed by atoms with Gasteiger partial charge in [-0.1, -0.05) is 48.5 Å². The lowest BCUT2D eigenvalue weighted by Crippen LogP contribution is -2.39. The standard InChI is InChI=1S/C19H19NO3/c21-17(12-15-8-4-5-9-16(15)18(22)23)20-19(10-11-19)13-14-6-2-1-3-7-14/h1-9H,10-13H2,(H,20,21)(H,22,23). The van der Waals surface area contributed by atoms with E-state index in [2.05, 4.69) is 17.4 Å². The summed E-state index contributed by atoms with van der Waals surface area (Å²) in [5, 5.41) is 12.3. The molecule has 4 nitrogen and oxygen atoms in total. The lowest BCUT2D eigenvalue weighted by atomic mass is 10.0. The Morgan fingerprint density at radius 2 is 1.65 bits per heavy atom. The third-order valence-corrected chi connectivity index (χ3v) is 4.24. The molecule has 0 saturated heterocycles. The van der Waals surface area contributed by atoms with E-state index in [-0.39, 0.29) is 23.4 Å². The number of hydrogen-bond acceptors (Lipinski definition) is 2. The first-order valence-electron chi connectivity index (χ1n) is 7.74. The SMILES string of the molecule is O=C(Cc1ccccc1C(=O)O)NC1(Cc2ccccc2)CC1. The smallest absolute Gasteiger partial charge is 0.335 e. The van der Waals surface area contributed by atoms with Crippen LogP contribution in [0.25, 0.3) is 0 Å². The van der Waals surface area contributed by atoms with Crippen molar-refractivity contribution >= 4 is 11.9 Å². The van der Waals surface area contributed by atoms with Crippen molar-refractivity contribution in [1.29, 1.82) is 0 Å². The second-order valence-electron chi connectivity index (χ2n) is 6.13. The van der Waals surface area contributed by atoms with Crippen molar-refractivity contribution in [1.82, 2.24) is 5.32 Å². The van der Waals surface area contributed by atoms with Crippen LogP contribution in [0.3, 0.4) is 0 Å². The maximum absolute atomic E-state index is 12.3. The molecule has 0 aliphatic heterocycles. The van der Waals surface area contributed by atoms with Crippen molar-refractivity contribution in [2.24, 2.45) is 0 Å². The minimum absolute atomic E-state index is 0.0962. The summed E-state index contributed by atoms with van der Waals surface area (Å²) in [6.45, 7) is 0. The van der Waals surface area contributed by atoms with Gasteiger partial charge in [-0.2, -0.15) is 0 Å². The molecule has 0 heterocycles. The molecule has 0 radical (unpaired) electrons. The molecule has 118 valence electrons. The number of carbonyl (C=O) groups excluding carboxylic acids is 1. The van der Waals surface area contributed by atoms with Crippen molar-refractivity contribution in [3.05, 3.63) is 71.3 Å². The molecule has 2 aromatic rings. The zero-order chi connectivity index (χ0) is 16.3. The van der Waals surface area contributed by atoms with Crippen LogP contribution in [0, 0.1) is 0 Å². The molecule has 3 rings (SSSR count). The summed E-state index contributed by atoms with van der Waals surface area (Å²) in [6.07, 6.45) is 2.85. The maximum Gasteiger partial charge on any atom is 0.335 e. The molecule has 1 aliphatic rings. The normalized spacial score (nSPS) is 15.0. The van der Waals surface area contributed by atoms with Crippen molar-refractivity contribution < 1.29 is 14.7 Å². The average Bonchev–Trinajstić information content (AvgIpc) is 3.27. The summed E-state index contributed by atoms with van der Waals surface area (Å²) >= 11 is 0. The van der Waals surface area contributed by atoms with Gasteiger partial charge in [0, 0.05) is 5.54 Å². The lowest BCUT2D eigenvalue weighted by Gasteiger charge is -2.18. The van der Waals surface area contributed by atoms with Crippen molar-refractivity contribution in [3.63, 3.8) is 0 Å². The first-order chi connectivity index (χ1) is 11.1. The fourth-order valence-electron chi connectivity index (χ4n) is 2.88. The Balaban J connectivity index is 1.65. The predicted octanol–water partition coefficient (Wildman–Crippen LogP) is 2.82. The minimum atomic E-state index is -1.00. The van der Waals surface area contributed by atoms with Crippen LogP contribution in [0.2, 0.25) is 0 Å². The maximum atomic E-state index is 12.3. The molecule has 2 N–H and O–H groups in total. The van der Waals surface area contributed by atoms with Crippen molar-refractivity contribution in [2.75, 3.05) is 0 Å². The van der Waals surface area contributed by atoms with Gasteiger partial charge in [0.05, 0.1) is 12.0 Å². The van der Waals surface area contributed by atoms with Crippen LogP contribution in [0.15, 0.2) is 54.6 Å².